The van der Waals surface area contributed by atoms with Crippen LogP contribution in [0.4, 0.5) is 0 Å². The Balaban J connectivity index is 2.32. The van der Waals surface area contributed by atoms with Crippen molar-refractivity contribution in [1.29, 1.82) is 0 Å². The van der Waals surface area contributed by atoms with Gasteiger partial charge in [0.15, 0.2) is 5.96 Å². The van der Waals surface area contributed by atoms with Crippen LogP contribution in [0.15, 0.2) is 29.5 Å². The van der Waals surface area contributed by atoms with Gasteiger partial charge in [-0.2, -0.15) is 0 Å². The minimum Gasteiger partial charge on any atom is -0.356 e. The first kappa shape index (κ1) is 17.4. The van der Waals surface area contributed by atoms with Crippen LogP contribution in [0, 0.1) is 0 Å². The molecule has 1 rings (SSSR count). The van der Waals surface area contributed by atoms with E-state index in [0.717, 1.165) is 18.5 Å². The lowest BCUT2D eigenvalue weighted by molar-refractivity contribution is 0.581. The van der Waals surface area contributed by atoms with Crippen LogP contribution in [0.2, 0.25) is 0 Å². The summed E-state index contributed by atoms with van der Waals surface area (Å²) in [5.41, 5.74) is 1.16. The standard InChI is InChI=1S/C14H24N4O2S/c1-12(7-10-21(3,19)20)18-14(15-2)17-9-6-13-5-4-8-16-11-13/h4-5,8,11-12H,6-7,9-10H2,1-3H3,(H2,15,17,18). The number of nitrogens with one attached hydrogen (secondary N) is 2. The van der Waals surface area contributed by atoms with E-state index in [1.54, 1.807) is 13.2 Å². The fourth-order valence-corrected chi connectivity index (χ4v) is 2.54. The maximum Gasteiger partial charge on any atom is 0.191 e. The van der Waals surface area contributed by atoms with Crippen molar-refractivity contribution >= 4 is 15.8 Å². The molecular formula is C14H24N4O2S. The Morgan fingerprint density at radius 3 is 2.81 bits per heavy atom. The highest BCUT2D eigenvalue weighted by Crippen LogP contribution is 1.97. The monoisotopic (exact) mass is 312 g/mol. The number of nitrogens with zero attached hydrogens (tertiary/aromatic N) is 2. The quantitative estimate of drug-likeness (QED) is 0.569. The number of hydrogen-bond acceptors (Lipinski definition) is 4. The first-order valence-electron chi connectivity index (χ1n) is 6.94. The summed E-state index contributed by atoms with van der Waals surface area (Å²) < 4.78 is 22.3. The normalized spacial score (nSPS) is 13.8. The van der Waals surface area contributed by atoms with Gasteiger partial charge in [0.2, 0.25) is 0 Å². The van der Waals surface area contributed by atoms with E-state index in [4.69, 9.17) is 0 Å². The summed E-state index contributed by atoms with van der Waals surface area (Å²) in [6.45, 7) is 2.68. The summed E-state index contributed by atoms with van der Waals surface area (Å²) in [5.74, 6) is 0.855. The molecule has 0 aromatic carbocycles. The number of aromatic nitrogens is 1. The predicted molar refractivity (Wildman–Crippen MR) is 86.2 cm³/mol. The molecule has 0 aliphatic carbocycles. The van der Waals surface area contributed by atoms with Crippen molar-refractivity contribution in [3.8, 4) is 0 Å². The number of guanidine groups is 1. The summed E-state index contributed by atoms with van der Waals surface area (Å²) in [6.07, 6.45) is 6.25. The molecule has 21 heavy (non-hydrogen) atoms. The Morgan fingerprint density at radius 1 is 1.48 bits per heavy atom. The smallest absolute Gasteiger partial charge is 0.191 e. The van der Waals surface area contributed by atoms with Crippen LogP contribution in [-0.4, -0.2) is 51.0 Å². The van der Waals surface area contributed by atoms with Crippen molar-refractivity contribution in [3.05, 3.63) is 30.1 Å². The molecule has 118 valence electrons. The lowest BCUT2D eigenvalue weighted by Crippen LogP contribution is -2.43. The van der Waals surface area contributed by atoms with Crippen molar-refractivity contribution in [3.63, 3.8) is 0 Å². The molecule has 0 amide bonds. The highest BCUT2D eigenvalue weighted by Gasteiger charge is 2.09. The molecule has 2 N–H and O–H groups in total. The van der Waals surface area contributed by atoms with E-state index in [2.05, 4.69) is 20.6 Å². The molecule has 0 saturated carbocycles. The molecule has 1 aromatic heterocycles. The molecule has 0 aliphatic heterocycles. The molecule has 0 spiro atoms. The third kappa shape index (κ3) is 8.29. The Bertz CT molecular complexity index is 543. The van der Waals surface area contributed by atoms with Gasteiger partial charge >= 0.3 is 0 Å². The van der Waals surface area contributed by atoms with Crippen molar-refractivity contribution in [1.82, 2.24) is 15.6 Å². The largest absolute Gasteiger partial charge is 0.356 e. The average Bonchev–Trinajstić information content (AvgIpc) is 2.44. The van der Waals surface area contributed by atoms with Crippen molar-refractivity contribution < 1.29 is 8.42 Å². The van der Waals surface area contributed by atoms with E-state index in [1.165, 1.54) is 6.26 Å². The molecule has 1 heterocycles. The molecule has 0 saturated heterocycles. The third-order valence-corrected chi connectivity index (χ3v) is 3.93. The Hall–Kier alpha value is -1.63. The zero-order chi connectivity index (χ0) is 15.7. The fourth-order valence-electron chi connectivity index (χ4n) is 1.76. The maximum atomic E-state index is 11.1. The van der Waals surface area contributed by atoms with E-state index in [-0.39, 0.29) is 11.8 Å². The Kier molecular flexibility index (Phi) is 7.14. The van der Waals surface area contributed by atoms with Gasteiger partial charge in [0, 0.05) is 38.3 Å². The van der Waals surface area contributed by atoms with Crippen LogP contribution in [0.5, 0.6) is 0 Å². The molecule has 0 fully saturated rings. The van der Waals surface area contributed by atoms with Crippen LogP contribution in [0.3, 0.4) is 0 Å². The van der Waals surface area contributed by atoms with Gasteiger partial charge in [-0.25, -0.2) is 8.42 Å². The summed E-state index contributed by atoms with van der Waals surface area (Å²) in [4.78, 5) is 8.20. The fraction of sp³-hybridized carbons (Fsp3) is 0.571. The molecule has 1 aromatic rings. The van der Waals surface area contributed by atoms with Gasteiger partial charge in [-0.1, -0.05) is 6.07 Å². The van der Waals surface area contributed by atoms with E-state index in [1.807, 2.05) is 25.3 Å². The number of pyridine rings is 1. The van der Waals surface area contributed by atoms with Gasteiger partial charge in [0.25, 0.3) is 0 Å². The Morgan fingerprint density at radius 2 is 2.24 bits per heavy atom. The molecule has 0 bridgehead atoms. The highest BCUT2D eigenvalue weighted by molar-refractivity contribution is 7.90. The zero-order valence-electron chi connectivity index (χ0n) is 12.8. The van der Waals surface area contributed by atoms with Gasteiger partial charge in [0.05, 0.1) is 5.75 Å². The van der Waals surface area contributed by atoms with E-state index in [0.29, 0.717) is 12.4 Å². The first-order chi connectivity index (χ1) is 9.90. The minimum absolute atomic E-state index is 0.0457. The lowest BCUT2D eigenvalue weighted by Gasteiger charge is -2.17. The van der Waals surface area contributed by atoms with E-state index < -0.39 is 9.84 Å². The van der Waals surface area contributed by atoms with Gasteiger partial charge < -0.3 is 10.6 Å². The number of rotatable bonds is 7. The SMILES string of the molecule is CN=C(NCCc1cccnc1)NC(C)CCS(C)(=O)=O. The highest BCUT2D eigenvalue weighted by atomic mass is 32.2. The Labute approximate surface area is 127 Å². The topological polar surface area (TPSA) is 83.4 Å². The average molecular weight is 312 g/mol. The molecule has 6 nitrogen and oxygen atoms in total. The molecule has 0 radical (unpaired) electrons. The van der Waals surface area contributed by atoms with Gasteiger partial charge in [-0.05, 0) is 31.4 Å². The van der Waals surface area contributed by atoms with Crippen molar-refractivity contribution in [2.75, 3.05) is 25.6 Å². The third-order valence-electron chi connectivity index (χ3n) is 2.96. The van der Waals surface area contributed by atoms with Gasteiger partial charge in [0.1, 0.15) is 9.84 Å². The maximum absolute atomic E-state index is 11.1. The molecule has 0 aliphatic rings. The second-order valence-electron chi connectivity index (χ2n) is 5.07. The van der Waals surface area contributed by atoms with Crippen LogP contribution >= 0.6 is 0 Å². The van der Waals surface area contributed by atoms with E-state index >= 15 is 0 Å². The summed E-state index contributed by atoms with van der Waals surface area (Å²) >= 11 is 0. The minimum atomic E-state index is -2.92. The second kappa shape index (κ2) is 8.61. The molecule has 7 heteroatoms. The van der Waals surface area contributed by atoms with Crippen LogP contribution < -0.4 is 10.6 Å². The summed E-state index contributed by atoms with van der Waals surface area (Å²) in [7, 11) is -1.22. The number of aliphatic imine (C=N–C) groups is 1. The number of sulfone groups is 1. The summed E-state index contributed by atoms with van der Waals surface area (Å²) in [6, 6.07) is 3.99. The number of hydrogen-bond donors (Lipinski definition) is 2. The predicted octanol–water partition coefficient (Wildman–Crippen LogP) is 0.612. The van der Waals surface area contributed by atoms with Crippen LogP contribution in [-0.2, 0) is 16.3 Å². The van der Waals surface area contributed by atoms with E-state index in [9.17, 15) is 8.42 Å². The van der Waals surface area contributed by atoms with Crippen LogP contribution in [0.25, 0.3) is 0 Å². The first-order valence-corrected chi connectivity index (χ1v) is 9.00. The molecule has 1 unspecified atom stereocenters. The van der Waals surface area contributed by atoms with Gasteiger partial charge in [-0.3, -0.25) is 9.98 Å². The molecular weight excluding hydrogens is 288 g/mol. The zero-order valence-corrected chi connectivity index (χ0v) is 13.7. The summed E-state index contributed by atoms with van der Waals surface area (Å²) in [5, 5.41) is 6.39. The second-order valence-corrected chi connectivity index (χ2v) is 7.33. The van der Waals surface area contributed by atoms with Crippen LogP contribution in [0.1, 0.15) is 18.9 Å². The molecule has 1 atom stereocenters. The lowest BCUT2D eigenvalue weighted by atomic mass is 10.2. The van der Waals surface area contributed by atoms with Crippen molar-refractivity contribution in [2.24, 2.45) is 4.99 Å². The van der Waals surface area contributed by atoms with Gasteiger partial charge in [-0.15, -0.1) is 0 Å². The van der Waals surface area contributed by atoms with Crippen molar-refractivity contribution in [2.45, 2.75) is 25.8 Å².